The molecule has 0 aromatic heterocycles. The van der Waals surface area contributed by atoms with Crippen molar-refractivity contribution >= 4 is 21.8 Å². The van der Waals surface area contributed by atoms with Gasteiger partial charge in [0.05, 0.1) is 6.04 Å². The minimum atomic E-state index is 0.0369. The van der Waals surface area contributed by atoms with Crippen LogP contribution in [0.25, 0.3) is 0 Å². The molecule has 19 heavy (non-hydrogen) atoms. The predicted molar refractivity (Wildman–Crippen MR) is 82.8 cm³/mol. The van der Waals surface area contributed by atoms with Gasteiger partial charge in [-0.05, 0) is 49.9 Å². The average molecular weight is 327 g/mol. The largest absolute Gasteiger partial charge is 0.350 e. The normalized spacial score (nSPS) is 13.9. The third-order valence-corrected chi connectivity index (χ3v) is 3.74. The summed E-state index contributed by atoms with van der Waals surface area (Å²) < 4.78 is 1.03. The Hall–Kier alpha value is -0.870. The van der Waals surface area contributed by atoms with E-state index in [4.69, 9.17) is 5.73 Å². The second-order valence-electron chi connectivity index (χ2n) is 5.07. The number of hydrogen-bond donors (Lipinski definition) is 2. The van der Waals surface area contributed by atoms with E-state index < -0.39 is 0 Å². The van der Waals surface area contributed by atoms with Gasteiger partial charge in [0, 0.05) is 10.9 Å². The quantitative estimate of drug-likeness (QED) is 0.806. The van der Waals surface area contributed by atoms with Crippen LogP contribution in [0.4, 0.5) is 0 Å². The third kappa shape index (κ3) is 6.21. The lowest BCUT2D eigenvalue weighted by atomic mass is 10.0. The zero-order chi connectivity index (χ0) is 14.3. The van der Waals surface area contributed by atoms with E-state index in [0.29, 0.717) is 18.9 Å². The van der Waals surface area contributed by atoms with Crippen molar-refractivity contribution in [1.82, 2.24) is 5.32 Å². The first kappa shape index (κ1) is 16.2. The van der Waals surface area contributed by atoms with E-state index in [9.17, 15) is 4.79 Å². The molecule has 3 N–H and O–H groups in total. The van der Waals surface area contributed by atoms with Gasteiger partial charge in [-0.25, -0.2) is 0 Å². The van der Waals surface area contributed by atoms with Crippen molar-refractivity contribution in [1.29, 1.82) is 0 Å². The van der Waals surface area contributed by atoms with Gasteiger partial charge in [0.25, 0.3) is 0 Å². The van der Waals surface area contributed by atoms with Gasteiger partial charge in [0.2, 0.25) is 5.91 Å². The molecule has 3 nitrogen and oxygen atoms in total. The lowest BCUT2D eigenvalue weighted by molar-refractivity contribution is -0.122. The highest BCUT2D eigenvalue weighted by molar-refractivity contribution is 9.10. The van der Waals surface area contributed by atoms with E-state index in [2.05, 4.69) is 28.2 Å². The molecule has 1 rings (SSSR count). The first-order valence-electron chi connectivity index (χ1n) is 6.77. The summed E-state index contributed by atoms with van der Waals surface area (Å²) in [5.41, 5.74) is 6.61. The molecule has 1 aromatic rings. The lowest BCUT2D eigenvalue weighted by Crippen LogP contribution is -2.26. The molecule has 0 saturated heterocycles. The molecular formula is C15H23BrN2O. The van der Waals surface area contributed by atoms with Gasteiger partial charge >= 0.3 is 0 Å². The zero-order valence-electron chi connectivity index (χ0n) is 11.7. The molecule has 2 atom stereocenters. The van der Waals surface area contributed by atoms with Gasteiger partial charge in [-0.15, -0.1) is 0 Å². The van der Waals surface area contributed by atoms with E-state index in [1.165, 1.54) is 0 Å². The van der Waals surface area contributed by atoms with Crippen LogP contribution in [-0.2, 0) is 4.79 Å². The SMILES string of the molecule is CC(CCN)CCC(=O)N[C@H](C)c1cccc(Br)c1. The average Bonchev–Trinajstić information content (AvgIpc) is 2.36. The number of nitrogens with one attached hydrogen (secondary N) is 1. The second-order valence-corrected chi connectivity index (χ2v) is 5.98. The lowest BCUT2D eigenvalue weighted by Gasteiger charge is -2.16. The van der Waals surface area contributed by atoms with Gasteiger partial charge < -0.3 is 11.1 Å². The number of benzene rings is 1. The molecule has 0 heterocycles. The molecule has 0 bridgehead atoms. The van der Waals surface area contributed by atoms with Crippen molar-refractivity contribution in [2.24, 2.45) is 11.7 Å². The Labute approximate surface area is 124 Å². The van der Waals surface area contributed by atoms with Crippen molar-refractivity contribution in [2.45, 2.75) is 39.2 Å². The number of carbonyl (C=O) groups is 1. The van der Waals surface area contributed by atoms with Crippen LogP contribution in [0.15, 0.2) is 28.7 Å². The standard InChI is InChI=1S/C15H23BrN2O/c1-11(8-9-17)6-7-15(19)18-12(2)13-4-3-5-14(16)10-13/h3-5,10-12H,6-9,17H2,1-2H3,(H,18,19)/t11?,12-/m1/s1. The first-order valence-corrected chi connectivity index (χ1v) is 7.57. The Morgan fingerprint density at radius 1 is 1.37 bits per heavy atom. The molecule has 0 saturated carbocycles. The van der Waals surface area contributed by atoms with Crippen molar-refractivity contribution in [3.05, 3.63) is 34.3 Å². The number of carbonyl (C=O) groups excluding carboxylic acids is 1. The van der Waals surface area contributed by atoms with Gasteiger partial charge in [-0.1, -0.05) is 35.0 Å². The summed E-state index contributed by atoms with van der Waals surface area (Å²) in [5, 5.41) is 3.03. The third-order valence-electron chi connectivity index (χ3n) is 3.25. The number of hydrogen-bond acceptors (Lipinski definition) is 2. The summed E-state index contributed by atoms with van der Waals surface area (Å²) in [7, 11) is 0. The zero-order valence-corrected chi connectivity index (χ0v) is 13.2. The number of rotatable bonds is 7. The Balaban J connectivity index is 2.40. The molecule has 0 spiro atoms. The summed E-state index contributed by atoms with van der Waals surface area (Å²) in [5.74, 6) is 0.619. The Morgan fingerprint density at radius 3 is 2.74 bits per heavy atom. The summed E-state index contributed by atoms with van der Waals surface area (Å²) in [4.78, 5) is 11.9. The summed E-state index contributed by atoms with van der Waals surface area (Å²) in [6.07, 6.45) is 2.45. The molecule has 1 amide bonds. The van der Waals surface area contributed by atoms with Gasteiger partial charge in [0.1, 0.15) is 0 Å². The van der Waals surface area contributed by atoms with Crippen LogP contribution >= 0.6 is 15.9 Å². The minimum absolute atomic E-state index is 0.0369. The van der Waals surface area contributed by atoms with E-state index in [0.717, 1.165) is 22.9 Å². The highest BCUT2D eigenvalue weighted by Crippen LogP contribution is 2.18. The number of halogens is 1. The molecular weight excluding hydrogens is 304 g/mol. The molecule has 106 valence electrons. The maximum atomic E-state index is 11.9. The monoisotopic (exact) mass is 326 g/mol. The van der Waals surface area contributed by atoms with Crippen LogP contribution in [0.1, 0.15) is 44.7 Å². The smallest absolute Gasteiger partial charge is 0.220 e. The van der Waals surface area contributed by atoms with Crippen LogP contribution in [0.5, 0.6) is 0 Å². The topological polar surface area (TPSA) is 55.1 Å². The molecule has 0 aliphatic rings. The van der Waals surface area contributed by atoms with E-state index in [1.54, 1.807) is 0 Å². The fraction of sp³-hybridized carbons (Fsp3) is 0.533. The summed E-state index contributed by atoms with van der Waals surface area (Å²) >= 11 is 3.44. The summed E-state index contributed by atoms with van der Waals surface area (Å²) in [6, 6.07) is 8.04. The van der Waals surface area contributed by atoms with E-state index >= 15 is 0 Å². The van der Waals surface area contributed by atoms with Crippen molar-refractivity contribution in [3.63, 3.8) is 0 Å². The van der Waals surface area contributed by atoms with Gasteiger partial charge in [-0.3, -0.25) is 4.79 Å². The van der Waals surface area contributed by atoms with Crippen LogP contribution < -0.4 is 11.1 Å². The van der Waals surface area contributed by atoms with Crippen molar-refractivity contribution in [2.75, 3.05) is 6.54 Å². The van der Waals surface area contributed by atoms with Crippen LogP contribution in [0.3, 0.4) is 0 Å². The Bertz CT molecular complexity index is 409. The van der Waals surface area contributed by atoms with Crippen LogP contribution in [0.2, 0.25) is 0 Å². The molecule has 1 aromatic carbocycles. The highest BCUT2D eigenvalue weighted by atomic mass is 79.9. The molecule has 1 unspecified atom stereocenters. The molecule has 0 fully saturated rings. The van der Waals surface area contributed by atoms with Crippen LogP contribution in [0, 0.1) is 5.92 Å². The maximum absolute atomic E-state index is 11.9. The van der Waals surface area contributed by atoms with E-state index in [1.807, 2.05) is 31.2 Å². The molecule has 0 radical (unpaired) electrons. The molecule has 0 aliphatic heterocycles. The predicted octanol–water partition coefficient (Wildman–Crippen LogP) is 3.39. The fourth-order valence-electron chi connectivity index (χ4n) is 1.98. The molecule has 0 aliphatic carbocycles. The maximum Gasteiger partial charge on any atom is 0.220 e. The van der Waals surface area contributed by atoms with E-state index in [-0.39, 0.29) is 11.9 Å². The summed E-state index contributed by atoms with van der Waals surface area (Å²) in [6.45, 7) is 4.83. The minimum Gasteiger partial charge on any atom is -0.350 e. The number of nitrogens with two attached hydrogens (primary N) is 1. The van der Waals surface area contributed by atoms with Crippen molar-refractivity contribution < 1.29 is 4.79 Å². The number of amides is 1. The first-order chi connectivity index (χ1) is 9.02. The van der Waals surface area contributed by atoms with Crippen LogP contribution in [-0.4, -0.2) is 12.5 Å². The second kappa shape index (κ2) is 8.33. The van der Waals surface area contributed by atoms with Crippen molar-refractivity contribution in [3.8, 4) is 0 Å². The Kier molecular flexibility index (Phi) is 7.10. The molecule has 4 heteroatoms. The van der Waals surface area contributed by atoms with Gasteiger partial charge in [-0.2, -0.15) is 0 Å². The highest BCUT2D eigenvalue weighted by Gasteiger charge is 2.11. The fourth-order valence-corrected chi connectivity index (χ4v) is 2.40. The van der Waals surface area contributed by atoms with Gasteiger partial charge in [0.15, 0.2) is 0 Å². The Morgan fingerprint density at radius 2 is 2.11 bits per heavy atom.